The zero-order chi connectivity index (χ0) is 9.64. The molecule has 3 nitrogen and oxygen atoms in total. The minimum absolute atomic E-state index is 0.527. The second kappa shape index (κ2) is 4.86. The molecule has 1 N–H and O–H groups in total. The lowest BCUT2D eigenvalue weighted by atomic mass is 10.0. The summed E-state index contributed by atoms with van der Waals surface area (Å²) >= 11 is 0. The molecule has 0 spiro atoms. The van der Waals surface area contributed by atoms with Gasteiger partial charge >= 0.3 is 0 Å². The van der Waals surface area contributed by atoms with Gasteiger partial charge in [0.2, 0.25) is 0 Å². The van der Waals surface area contributed by atoms with Crippen LogP contribution in [-0.4, -0.2) is 16.0 Å². The molecule has 1 aromatic heterocycles. The summed E-state index contributed by atoms with van der Waals surface area (Å²) in [5, 5.41) is 3.46. The Labute approximate surface area is 84.3 Å². The van der Waals surface area contributed by atoms with Gasteiger partial charge in [-0.05, 0) is 25.3 Å². The number of hydrogen-bond acceptors (Lipinski definition) is 3. The van der Waals surface area contributed by atoms with Crippen molar-refractivity contribution >= 4 is 0 Å². The molecule has 1 aromatic rings. The third kappa shape index (κ3) is 2.64. The first-order chi connectivity index (χ1) is 6.95. The highest BCUT2D eigenvalue weighted by Crippen LogP contribution is 2.10. The molecule has 0 amide bonds. The molecule has 2 rings (SSSR count). The van der Waals surface area contributed by atoms with E-state index in [1.807, 2.05) is 6.07 Å². The molecule has 0 aliphatic heterocycles. The van der Waals surface area contributed by atoms with Crippen molar-refractivity contribution in [2.45, 2.75) is 31.8 Å². The lowest BCUT2D eigenvalue weighted by Gasteiger charge is -2.17. The second-order valence-electron chi connectivity index (χ2n) is 3.55. The maximum atomic E-state index is 4.17. The third-order valence-corrected chi connectivity index (χ3v) is 2.44. The van der Waals surface area contributed by atoms with Crippen molar-refractivity contribution in [3.63, 3.8) is 0 Å². The molecule has 0 saturated heterocycles. The number of allylic oxidation sites excluding steroid dienone is 1. The van der Waals surface area contributed by atoms with Crippen LogP contribution in [0.25, 0.3) is 0 Å². The van der Waals surface area contributed by atoms with E-state index in [0.717, 1.165) is 12.2 Å². The minimum atomic E-state index is 0.527. The van der Waals surface area contributed by atoms with E-state index in [2.05, 4.69) is 27.4 Å². The highest BCUT2D eigenvalue weighted by Gasteiger charge is 2.06. The Morgan fingerprint density at radius 3 is 3.21 bits per heavy atom. The molecule has 0 bridgehead atoms. The predicted octanol–water partition coefficient (Wildman–Crippen LogP) is 1.67. The van der Waals surface area contributed by atoms with Crippen molar-refractivity contribution in [3.05, 3.63) is 36.4 Å². The quantitative estimate of drug-likeness (QED) is 0.735. The molecule has 0 fully saturated rings. The molecule has 3 heteroatoms. The summed E-state index contributed by atoms with van der Waals surface area (Å²) in [6.07, 6.45) is 11.6. The van der Waals surface area contributed by atoms with E-state index in [9.17, 15) is 0 Å². The predicted molar refractivity (Wildman–Crippen MR) is 55.7 cm³/mol. The van der Waals surface area contributed by atoms with Gasteiger partial charge < -0.3 is 5.32 Å². The molecule has 1 heterocycles. The number of nitrogens with zero attached hydrogens (tertiary/aromatic N) is 2. The van der Waals surface area contributed by atoms with Crippen molar-refractivity contribution < 1.29 is 0 Å². The van der Waals surface area contributed by atoms with Gasteiger partial charge in [0, 0.05) is 18.8 Å². The SMILES string of the molecule is C1=CC(NCc2ccncn2)CCC1. The molecule has 0 saturated carbocycles. The highest BCUT2D eigenvalue weighted by molar-refractivity contribution is 5.01. The molecule has 74 valence electrons. The largest absolute Gasteiger partial charge is 0.305 e. The maximum absolute atomic E-state index is 4.17. The van der Waals surface area contributed by atoms with Crippen LogP contribution in [0, 0.1) is 0 Å². The van der Waals surface area contributed by atoms with Crippen LogP contribution in [0.15, 0.2) is 30.7 Å². The Bertz CT molecular complexity index is 295. The normalized spacial score (nSPS) is 21.0. The monoisotopic (exact) mass is 189 g/mol. The fourth-order valence-electron chi connectivity index (χ4n) is 1.64. The lowest BCUT2D eigenvalue weighted by molar-refractivity contribution is 0.518. The van der Waals surface area contributed by atoms with E-state index in [1.165, 1.54) is 19.3 Å². The molecule has 1 aliphatic rings. The van der Waals surface area contributed by atoms with Crippen LogP contribution >= 0.6 is 0 Å². The first-order valence-electron chi connectivity index (χ1n) is 5.10. The first-order valence-corrected chi connectivity index (χ1v) is 5.10. The van der Waals surface area contributed by atoms with Crippen molar-refractivity contribution in [2.75, 3.05) is 0 Å². The van der Waals surface area contributed by atoms with Crippen molar-refractivity contribution in [2.24, 2.45) is 0 Å². The van der Waals surface area contributed by atoms with E-state index < -0.39 is 0 Å². The molecule has 0 radical (unpaired) electrons. The summed E-state index contributed by atoms with van der Waals surface area (Å²) in [6.45, 7) is 0.831. The minimum Gasteiger partial charge on any atom is -0.305 e. The molecule has 1 atom stereocenters. The number of rotatable bonds is 3. The Morgan fingerprint density at radius 1 is 1.50 bits per heavy atom. The highest BCUT2D eigenvalue weighted by atomic mass is 14.9. The van der Waals surface area contributed by atoms with Gasteiger partial charge in [0.15, 0.2) is 0 Å². The van der Waals surface area contributed by atoms with Crippen LogP contribution in [0.4, 0.5) is 0 Å². The molecule has 1 unspecified atom stereocenters. The van der Waals surface area contributed by atoms with Gasteiger partial charge in [-0.1, -0.05) is 12.2 Å². The molecule has 14 heavy (non-hydrogen) atoms. The van der Waals surface area contributed by atoms with Crippen molar-refractivity contribution in [1.82, 2.24) is 15.3 Å². The van der Waals surface area contributed by atoms with E-state index >= 15 is 0 Å². The third-order valence-electron chi connectivity index (χ3n) is 2.44. The van der Waals surface area contributed by atoms with Gasteiger partial charge in [-0.3, -0.25) is 0 Å². The van der Waals surface area contributed by atoms with Crippen molar-refractivity contribution in [3.8, 4) is 0 Å². The van der Waals surface area contributed by atoms with Gasteiger partial charge in [-0.25, -0.2) is 9.97 Å². The average Bonchev–Trinajstić information content (AvgIpc) is 2.29. The van der Waals surface area contributed by atoms with E-state index in [-0.39, 0.29) is 0 Å². The van der Waals surface area contributed by atoms with Gasteiger partial charge in [0.1, 0.15) is 6.33 Å². The fourth-order valence-corrected chi connectivity index (χ4v) is 1.64. The molecule has 1 aliphatic carbocycles. The summed E-state index contributed by atoms with van der Waals surface area (Å²) in [5.74, 6) is 0. The summed E-state index contributed by atoms with van der Waals surface area (Å²) in [5.41, 5.74) is 1.05. The zero-order valence-corrected chi connectivity index (χ0v) is 8.19. The van der Waals surface area contributed by atoms with Crippen LogP contribution in [0.2, 0.25) is 0 Å². The maximum Gasteiger partial charge on any atom is 0.115 e. The zero-order valence-electron chi connectivity index (χ0n) is 8.19. The lowest BCUT2D eigenvalue weighted by Crippen LogP contribution is -2.28. The van der Waals surface area contributed by atoms with Crippen LogP contribution in [0.3, 0.4) is 0 Å². The fraction of sp³-hybridized carbons (Fsp3) is 0.455. The Morgan fingerprint density at radius 2 is 2.50 bits per heavy atom. The van der Waals surface area contributed by atoms with Crippen LogP contribution < -0.4 is 5.32 Å². The number of nitrogens with one attached hydrogen (secondary N) is 1. The summed E-state index contributed by atoms with van der Waals surface area (Å²) in [6, 6.07) is 2.47. The van der Waals surface area contributed by atoms with E-state index in [4.69, 9.17) is 0 Å². The Balaban J connectivity index is 1.82. The van der Waals surface area contributed by atoms with E-state index in [1.54, 1.807) is 12.5 Å². The smallest absolute Gasteiger partial charge is 0.115 e. The molecule has 0 aromatic carbocycles. The topological polar surface area (TPSA) is 37.8 Å². The number of hydrogen-bond donors (Lipinski definition) is 1. The van der Waals surface area contributed by atoms with Crippen molar-refractivity contribution in [1.29, 1.82) is 0 Å². The molecular formula is C11H15N3. The van der Waals surface area contributed by atoms with Crippen LogP contribution in [0.5, 0.6) is 0 Å². The summed E-state index contributed by atoms with van der Waals surface area (Å²) < 4.78 is 0. The van der Waals surface area contributed by atoms with E-state index in [0.29, 0.717) is 6.04 Å². The van der Waals surface area contributed by atoms with Crippen LogP contribution in [-0.2, 0) is 6.54 Å². The second-order valence-corrected chi connectivity index (χ2v) is 3.55. The Kier molecular flexibility index (Phi) is 3.24. The number of aromatic nitrogens is 2. The first kappa shape index (κ1) is 9.34. The Hall–Kier alpha value is -1.22. The standard InChI is InChI=1S/C11H15N3/c1-2-4-10(5-3-1)13-8-11-6-7-12-9-14-11/h2,4,6-7,9-10,13H,1,3,5,8H2. The van der Waals surface area contributed by atoms with Gasteiger partial charge in [0.25, 0.3) is 0 Å². The van der Waals surface area contributed by atoms with Gasteiger partial charge in [0.05, 0.1) is 5.69 Å². The molecular weight excluding hydrogens is 174 g/mol. The van der Waals surface area contributed by atoms with Gasteiger partial charge in [-0.15, -0.1) is 0 Å². The summed E-state index contributed by atoms with van der Waals surface area (Å²) in [4.78, 5) is 8.05. The van der Waals surface area contributed by atoms with Crippen LogP contribution in [0.1, 0.15) is 25.0 Å². The average molecular weight is 189 g/mol. The summed E-state index contributed by atoms with van der Waals surface area (Å²) in [7, 11) is 0. The van der Waals surface area contributed by atoms with Gasteiger partial charge in [-0.2, -0.15) is 0 Å².